The molecular formula is C24H27N2O2+. The van der Waals surface area contributed by atoms with Crippen LogP contribution in [0, 0.1) is 0 Å². The second kappa shape index (κ2) is 8.44. The van der Waals surface area contributed by atoms with E-state index in [1.807, 2.05) is 54.6 Å². The van der Waals surface area contributed by atoms with Crippen LogP contribution in [-0.4, -0.2) is 24.1 Å². The number of rotatable bonds is 5. The molecule has 0 aliphatic carbocycles. The fourth-order valence-corrected chi connectivity index (χ4v) is 4.12. The Hall–Kier alpha value is -2.85. The van der Waals surface area contributed by atoms with Crippen LogP contribution in [0.3, 0.4) is 0 Å². The molecule has 0 aromatic heterocycles. The summed E-state index contributed by atoms with van der Waals surface area (Å²) in [4.78, 5) is 14.3. The quantitative estimate of drug-likeness (QED) is 0.642. The third kappa shape index (κ3) is 4.02. The van der Waals surface area contributed by atoms with Crippen molar-refractivity contribution in [3.8, 4) is 5.75 Å². The zero-order chi connectivity index (χ0) is 19.3. The number of phenols is 1. The molecule has 28 heavy (non-hydrogen) atoms. The van der Waals surface area contributed by atoms with Gasteiger partial charge in [-0.05, 0) is 41.7 Å². The number of phenolic OH excluding ortho intramolecular Hbond substituents is 1. The second-order valence-corrected chi connectivity index (χ2v) is 7.63. The van der Waals surface area contributed by atoms with E-state index >= 15 is 0 Å². The average molecular weight is 375 g/mol. The van der Waals surface area contributed by atoms with Crippen molar-refractivity contribution < 1.29 is 14.8 Å². The third-order valence-electron chi connectivity index (χ3n) is 5.65. The minimum absolute atomic E-state index is 0.127. The van der Waals surface area contributed by atoms with Crippen molar-refractivity contribution in [1.82, 2.24) is 5.32 Å². The first-order valence-corrected chi connectivity index (χ1v) is 10.1. The number of quaternary nitrogens is 1. The van der Waals surface area contributed by atoms with Crippen LogP contribution in [0.15, 0.2) is 60.7 Å². The number of aromatic hydroxyl groups is 1. The Kier molecular flexibility index (Phi) is 5.58. The standard InChI is InChI=1S/C24H26N2O2/c27-23-21(24(28)25-16-18-9-3-1-4-10-18)15-19-11-5-6-12-20(19)22(23)17-26-13-7-2-8-14-26/h1,3-6,9-12,15,27H,2,7-8,13-14,16-17H2,(H,25,28)/p+1. The number of likely N-dealkylation sites (tertiary alicyclic amines) is 1. The molecule has 0 radical (unpaired) electrons. The highest BCUT2D eigenvalue weighted by molar-refractivity contribution is 6.03. The average Bonchev–Trinajstić information content (AvgIpc) is 2.75. The van der Waals surface area contributed by atoms with E-state index < -0.39 is 0 Å². The maximum absolute atomic E-state index is 12.8. The number of piperidine rings is 1. The fourth-order valence-electron chi connectivity index (χ4n) is 4.12. The highest BCUT2D eigenvalue weighted by Gasteiger charge is 2.22. The van der Waals surface area contributed by atoms with Crippen molar-refractivity contribution in [2.24, 2.45) is 0 Å². The minimum Gasteiger partial charge on any atom is -0.507 e. The number of hydrogen-bond donors (Lipinski definition) is 3. The lowest BCUT2D eigenvalue weighted by molar-refractivity contribution is -0.918. The van der Waals surface area contributed by atoms with Gasteiger partial charge in [0.05, 0.1) is 24.2 Å². The summed E-state index contributed by atoms with van der Waals surface area (Å²) in [5.41, 5.74) is 2.29. The zero-order valence-electron chi connectivity index (χ0n) is 16.1. The van der Waals surface area contributed by atoms with Gasteiger partial charge in [-0.15, -0.1) is 0 Å². The van der Waals surface area contributed by atoms with Gasteiger partial charge >= 0.3 is 0 Å². The Morgan fingerprint density at radius 2 is 1.68 bits per heavy atom. The Morgan fingerprint density at radius 3 is 2.46 bits per heavy atom. The van der Waals surface area contributed by atoms with E-state index in [4.69, 9.17) is 0 Å². The molecule has 4 rings (SSSR count). The molecule has 1 amide bonds. The smallest absolute Gasteiger partial charge is 0.255 e. The summed E-state index contributed by atoms with van der Waals surface area (Å²) in [6.45, 7) is 3.45. The first kappa shape index (κ1) is 18.5. The van der Waals surface area contributed by atoms with Gasteiger partial charge in [0.1, 0.15) is 12.3 Å². The molecular weight excluding hydrogens is 348 g/mol. The Balaban J connectivity index is 1.64. The van der Waals surface area contributed by atoms with Crippen LogP contribution in [0.2, 0.25) is 0 Å². The van der Waals surface area contributed by atoms with Crippen molar-refractivity contribution in [2.75, 3.05) is 13.1 Å². The third-order valence-corrected chi connectivity index (χ3v) is 5.65. The molecule has 3 aromatic rings. The van der Waals surface area contributed by atoms with E-state index in [0.717, 1.165) is 41.5 Å². The number of fused-ring (bicyclic) bond motifs is 1. The second-order valence-electron chi connectivity index (χ2n) is 7.63. The lowest BCUT2D eigenvalue weighted by atomic mass is 9.97. The summed E-state index contributed by atoms with van der Waals surface area (Å²) >= 11 is 0. The van der Waals surface area contributed by atoms with Gasteiger partial charge < -0.3 is 15.3 Å². The molecule has 1 heterocycles. The molecule has 0 saturated carbocycles. The zero-order valence-corrected chi connectivity index (χ0v) is 16.1. The predicted octanol–water partition coefficient (Wildman–Crippen LogP) is 3.04. The fraction of sp³-hybridized carbons (Fsp3) is 0.292. The largest absolute Gasteiger partial charge is 0.507 e. The molecule has 0 unspecified atom stereocenters. The van der Waals surface area contributed by atoms with Crippen molar-refractivity contribution in [1.29, 1.82) is 0 Å². The summed E-state index contributed by atoms with van der Waals surface area (Å²) < 4.78 is 0. The molecule has 1 aliphatic rings. The van der Waals surface area contributed by atoms with Crippen LogP contribution < -0.4 is 10.2 Å². The van der Waals surface area contributed by atoms with E-state index in [1.54, 1.807) is 6.07 Å². The van der Waals surface area contributed by atoms with Gasteiger partial charge in [-0.25, -0.2) is 0 Å². The number of hydrogen-bond acceptors (Lipinski definition) is 2. The number of benzene rings is 3. The number of carbonyl (C=O) groups is 1. The van der Waals surface area contributed by atoms with Gasteiger partial charge in [0.25, 0.3) is 5.91 Å². The van der Waals surface area contributed by atoms with Gasteiger partial charge in [0.15, 0.2) is 0 Å². The maximum Gasteiger partial charge on any atom is 0.255 e. The molecule has 1 saturated heterocycles. The monoisotopic (exact) mass is 375 g/mol. The van der Waals surface area contributed by atoms with Crippen LogP contribution in [0.4, 0.5) is 0 Å². The first-order chi connectivity index (χ1) is 13.7. The summed E-state index contributed by atoms with van der Waals surface area (Å²) in [5, 5.41) is 16.0. The van der Waals surface area contributed by atoms with E-state index in [0.29, 0.717) is 12.1 Å². The predicted molar refractivity (Wildman–Crippen MR) is 111 cm³/mol. The lowest BCUT2D eigenvalue weighted by Gasteiger charge is -2.25. The van der Waals surface area contributed by atoms with Gasteiger partial charge in [-0.3, -0.25) is 4.79 Å². The normalized spacial score (nSPS) is 14.9. The first-order valence-electron chi connectivity index (χ1n) is 10.1. The summed E-state index contributed by atoms with van der Waals surface area (Å²) in [5.74, 6) is -0.107. The molecule has 0 bridgehead atoms. The Bertz CT molecular complexity index is 963. The van der Waals surface area contributed by atoms with E-state index in [2.05, 4.69) is 5.32 Å². The number of amides is 1. The molecule has 3 N–H and O–H groups in total. The Morgan fingerprint density at radius 1 is 0.964 bits per heavy atom. The van der Waals surface area contributed by atoms with Crippen LogP contribution in [0.1, 0.15) is 40.7 Å². The number of carbonyl (C=O) groups excluding carboxylic acids is 1. The molecule has 0 spiro atoms. The van der Waals surface area contributed by atoms with Crippen LogP contribution in [0.25, 0.3) is 10.8 Å². The van der Waals surface area contributed by atoms with E-state index in [9.17, 15) is 9.90 Å². The van der Waals surface area contributed by atoms with Crippen LogP contribution in [0.5, 0.6) is 5.75 Å². The molecule has 4 heteroatoms. The summed E-state index contributed by atoms with van der Waals surface area (Å²) in [6, 6.07) is 19.6. The topological polar surface area (TPSA) is 53.8 Å². The van der Waals surface area contributed by atoms with Crippen molar-refractivity contribution >= 4 is 16.7 Å². The van der Waals surface area contributed by atoms with Crippen molar-refractivity contribution in [3.05, 3.63) is 77.4 Å². The van der Waals surface area contributed by atoms with Gasteiger partial charge in [-0.2, -0.15) is 0 Å². The minimum atomic E-state index is -0.234. The highest BCUT2D eigenvalue weighted by Crippen LogP contribution is 2.31. The summed E-state index contributed by atoms with van der Waals surface area (Å²) in [7, 11) is 0. The van der Waals surface area contributed by atoms with E-state index in [1.165, 1.54) is 24.2 Å². The molecule has 0 atom stereocenters. The maximum atomic E-state index is 12.8. The van der Waals surface area contributed by atoms with E-state index in [-0.39, 0.29) is 11.7 Å². The molecule has 1 fully saturated rings. The van der Waals surface area contributed by atoms with Gasteiger partial charge in [0, 0.05) is 6.54 Å². The highest BCUT2D eigenvalue weighted by atomic mass is 16.3. The van der Waals surface area contributed by atoms with Crippen molar-refractivity contribution in [2.45, 2.75) is 32.4 Å². The lowest BCUT2D eigenvalue weighted by Crippen LogP contribution is -3.11. The Labute approximate surface area is 165 Å². The van der Waals surface area contributed by atoms with Crippen LogP contribution >= 0.6 is 0 Å². The van der Waals surface area contributed by atoms with Gasteiger partial charge in [0.2, 0.25) is 0 Å². The number of nitrogens with one attached hydrogen (secondary N) is 2. The van der Waals surface area contributed by atoms with Crippen LogP contribution in [-0.2, 0) is 13.1 Å². The SMILES string of the molecule is O=C(NCc1ccccc1)c1cc2ccccc2c(C[NH+]2CCCCC2)c1O. The molecule has 3 aromatic carbocycles. The molecule has 1 aliphatic heterocycles. The van der Waals surface area contributed by atoms with Gasteiger partial charge in [-0.1, -0.05) is 54.6 Å². The molecule has 144 valence electrons. The van der Waals surface area contributed by atoms with Crippen molar-refractivity contribution in [3.63, 3.8) is 0 Å². The molecule has 4 nitrogen and oxygen atoms in total. The summed E-state index contributed by atoms with van der Waals surface area (Å²) in [6.07, 6.45) is 3.74.